The molecule has 1 unspecified atom stereocenters. The Balaban J connectivity index is 1.92. The second-order valence-corrected chi connectivity index (χ2v) is 8.14. The van der Waals surface area contributed by atoms with Crippen LogP contribution in [0, 0.1) is 5.82 Å². The van der Waals surface area contributed by atoms with Gasteiger partial charge in [-0.3, -0.25) is 0 Å². The van der Waals surface area contributed by atoms with Crippen molar-refractivity contribution < 1.29 is 4.39 Å². The van der Waals surface area contributed by atoms with Crippen LogP contribution in [0.3, 0.4) is 0 Å². The minimum atomic E-state index is -0.163. The summed E-state index contributed by atoms with van der Waals surface area (Å²) in [6, 6.07) is 7.23. The van der Waals surface area contributed by atoms with Gasteiger partial charge in [0.25, 0.3) is 0 Å². The summed E-state index contributed by atoms with van der Waals surface area (Å²) in [6.07, 6.45) is 1.07. The van der Waals surface area contributed by atoms with Crippen LogP contribution in [0.25, 0.3) is 0 Å². The van der Waals surface area contributed by atoms with Gasteiger partial charge in [-0.2, -0.15) is 11.8 Å². The zero-order valence-electron chi connectivity index (χ0n) is 13.4. The van der Waals surface area contributed by atoms with E-state index in [0.29, 0.717) is 10.8 Å². The molecule has 2 nitrogen and oxygen atoms in total. The zero-order valence-corrected chi connectivity index (χ0v) is 14.2. The van der Waals surface area contributed by atoms with Crippen LogP contribution in [0.1, 0.15) is 38.8 Å². The Morgan fingerprint density at radius 3 is 2.67 bits per heavy atom. The number of nitrogens with one attached hydrogen (secondary N) is 1. The molecule has 0 spiro atoms. The molecule has 1 atom stereocenters. The number of halogens is 1. The molecule has 2 rings (SSSR count). The van der Waals surface area contributed by atoms with Gasteiger partial charge in [0.15, 0.2) is 0 Å². The van der Waals surface area contributed by atoms with Gasteiger partial charge in [0.2, 0.25) is 0 Å². The molecule has 118 valence electrons. The number of hydrogen-bond acceptors (Lipinski definition) is 3. The predicted molar refractivity (Wildman–Crippen MR) is 90.4 cm³/mol. The fourth-order valence-corrected chi connectivity index (χ4v) is 4.12. The molecule has 21 heavy (non-hydrogen) atoms. The van der Waals surface area contributed by atoms with Crippen molar-refractivity contribution in [2.45, 2.75) is 38.0 Å². The Morgan fingerprint density at radius 2 is 2.05 bits per heavy atom. The van der Waals surface area contributed by atoms with E-state index in [9.17, 15) is 4.39 Å². The van der Waals surface area contributed by atoms with Crippen molar-refractivity contribution in [2.24, 2.45) is 0 Å². The summed E-state index contributed by atoms with van der Waals surface area (Å²) < 4.78 is 13.4. The molecule has 0 aromatic heterocycles. The van der Waals surface area contributed by atoms with Crippen molar-refractivity contribution in [2.75, 3.05) is 31.9 Å². The second kappa shape index (κ2) is 7.61. The third-order valence-electron chi connectivity index (χ3n) is 3.96. The predicted octanol–water partition coefficient (Wildman–Crippen LogP) is 3.69. The van der Waals surface area contributed by atoms with Crippen molar-refractivity contribution in [1.29, 1.82) is 0 Å². The van der Waals surface area contributed by atoms with Crippen molar-refractivity contribution in [3.05, 3.63) is 35.6 Å². The standard InChI is InChI=1S/C17H27FN2S/c1-4-19-16(14-5-7-15(18)8-6-14)9-10-20-11-12-21-17(2,3)13-20/h5-8,16,19H,4,9-13H2,1-3H3. The van der Waals surface area contributed by atoms with E-state index >= 15 is 0 Å². The van der Waals surface area contributed by atoms with Crippen LogP contribution >= 0.6 is 11.8 Å². The molecule has 1 fully saturated rings. The van der Waals surface area contributed by atoms with Crippen LogP contribution in [0.2, 0.25) is 0 Å². The second-order valence-electron chi connectivity index (χ2n) is 6.33. The molecule has 0 bridgehead atoms. The average molecular weight is 310 g/mol. The molecule has 0 aliphatic carbocycles. The van der Waals surface area contributed by atoms with Gasteiger partial charge >= 0.3 is 0 Å². The van der Waals surface area contributed by atoms with E-state index in [2.05, 4.69) is 42.7 Å². The number of thioether (sulfide) groups is 1. The molecule has 1 saturated heterocycles. The van der Waals surface area contributed by atoms with Gasteiger partial charge in [-0.05, 0) is 44.5 Å². The lowest BCUT2D eigenvalue weighted by Crippen LogP contribution is -2.44. The maximum Gasteiger partial charge on any atom is 0.123 e. The summed E-state index contributed by atoms with van der Waals surface area (Å²) in [5, 5.41) is 3.52. The van der Waals surface area contributed by atoms with Crippen LogP contribution in [0.15, 0.2) is 24.3 Å². The minimum absolute atomic E-state index is 0.163. The van der Waals surface area contributed by atoms with Crippen molar-refractivity contribution >= 4 is 11.8 Å². The Bertz CT molecular complexity index is 433. The van der Waals surface area contributed by atoms with Crippen LogP contribution in [0.5, 0.6) is 0 Å². The first-order chi connectivity index (χ1) is 10.00. The third kappa shape index (κ3) is 5.28. The van der Waals surface area contributed by atoms with Crippen molar-refractivity contribution in [3.8, 4) is 0 Å². The van der Waals surface area contributed by atoms with Gasteiger partial charge in [0, 0.05) is 36.2 Å². The molecule has 1 aromatic rings. The van der Waals surface area contributed by atoms with E-state index in [1.54, 1.807) is 12.1 Å². The normalized spacial score (nSPS) is 20.4. The van der Waals surface area contributed by atoms with E-state index in [-0.39, 0.29) is 5.82 Å². The molecule has 1 N–H and O–H groups in total. The molecule has 0 saturated carbocycles. The zero-order chi connectivity index (χ0) is 15.3. The van der Waals surface area contributed by atoms with Crippen LogP contribution in [-0.4, -0.2) is 41.6 Å². The summed E-state index contributed by atoms with van der Waals surface area (Å²) in [5.41, 5.74) is 1.18. The largest absolute Gasteiger partial charge is 0.310 e. The molecule has 1 aliphatic heterocycles. The molecular weight excluding hydrogens is 283 g/mol. The van der Waals surface area contributed by atoms with Gasteiger partial charge in [-0.25, -0.2) is 4.39 Å². The Hall–Kier alpha value is -0.580. The van der Waals surface area contributed by atoms with Gasteiger partial charge in [0.05, 0.1) is 0 Å². The van der Waals surface area contributed by atoms with Gasteiger partial charge in [-0.15, -0.1) is 0 Å². The van der Waals surface area contributed by atoms with E-state index in [1.165, 1.54) is 17.9 Å². The third-order valence-corrected chi connectivity index (χ3v) is 5.26. The van der Waals surface area contributed by atoms with Crippen LogP contribution < -0.4 is 5.32 Å². The molecule has 0 radical (unpaired) electrons. The highest BCUT2D eigenvalue weighted by Gasteiger charge is 2.27. The van der Waals surface area contributed by atoms with Gasteiger partial charge < -0.3 is 10.2 Å². The number of hydrogen-bond donors (Lipinski definition) is 1. The topological polar surface area (TPSA) is 15.3 Å². The lowest BCUT2D eigenvalue weighted by Gasteiger charge is -2.38. The van der Waals surface area contributed by atoms with E-state index in [0.717, 1.165) is 26.1 Å². The highest BCUT2D eigenvalue weighted by atomic mass is 32.2. The van der Waals surface area contributed by atoms with E-state index < -0.39 is 0 Å². The van der Waals surface area contributed by atoms with E-state index in [4.69, 9.17) is 0 Å². The lowest BCUT2D eigenvalue weighted by atomic mass is 10.0. The SMILES string of the molecule is CCNC(CCN1CCSC(C)(C)C1)c1ccc(F)cc1. The first-order valence-electron chi connectivity index (χ1n) is 7.85. The maximum atomic E-state index is 13.1. The highest BCUT2D eigenvalue weighted by Crippen LogP contribution is 2.30. The highest BCUT2D eigenvalue weighted by molar-refractivity contribution is 8.00. The Kier molecular flexibility index (Phi) is 6.08. The fraction of sp³-hybridized carbons (Fsp3) is 0.647. The fourth-order valence-electron chi connectivity index (χ4n) is 2.94. The smallest absolute Gasteiger partial charge is 0.123 e. The molecular formula is C17H27FN2S. The number of nitrogens with zero attached hydrogens (tertiary/aromatic N) is 1. The molecule has 1 aliphatic rings. The number of benzene rings is 1. The van der Waals surface area contributed by atoms with Crippen molar-refractivity contribution in [1.82, 2.24) is 10.2 Å². The first kappa shape index (κ1) is 16.8. The van der Waals surface area contributed by atoms with Crippen molar-refractivity contribution in [3.63, 3.8) is 0 Å². The summed E-state index contributed by atoms with van der Waals surface area (Å²) in [4.78, 5) is 2.56. The minimum Gasteiger partial charge on any atom is -0.310 e. The first-order valence-corrected chi connectivity index (χ1v) is 8.84. The van der Waals surface area contributed by atoms with Gasteiger partial charge in [-0.1, -0.05) is 19.1 Å². The summed E-state index contributed by atoms with van der Waals surface area (Å²) in [7, 11) is 0. The monoisotopic (exact) mass is 310 g/mol. The van der Waals surface area contributed by atoms with Crippen LogP contribution in [-0.2, 0) is 0 Å². The van der Waals surface area contributed by atoms with Gasteiger partial charge in [0.1, 0.15) is 5.82 Å². The summed E-state index contributed by atoms with van der Waals surface area (Å²) >= 11 is 2.07. The van der Waals surface area contributed by atoms with Crippen LogP contribution in [0.4, 0.5) is 4.39 Å². The summed E-state index contributed by atoms with van der Waals surface area (Å²) in [6.45, 7) is 11.1. The quantitative estimate of drug-likeness (QED) is 0.862. The maximum absolute atomic E-state index is 13.1. The lowest BCUT2D eigenvalue weighted by molar-refractivity contribution is 0.245. The Labute approximate surface area is 132 Å². The average Bonchev–Trinajstić information content (AvgIpc) is 2.43. The molecule has 1 aromatic carbocycles. The Morgan fingerprint density at radius 1 is 1.33 bits per heavy atom. The summed E-state index contributed by atoms with van der Waals surface area (Å²) in [5.74, 6) is 1.05. The molecule has 1 heterocycles. The molecule has 4 heteroatoms. The number of rotatable bonds is 6. The van der Waals surface area contributed by atoms with E-state index in [1.807, 2.05) is 12.1 Å². The molecule has 0 amide bonds.